The van der Waals surface area contributed by atoms with Gasteiger partial charge in [-0.2, -0.15) is 0 Å². The lowest BCUT2D eigenvalue weighted by Crippen LogP contribution is -2.15. The zero-order valence-corrected chi connectivity index (χ0v) is 40.3. The maximum absolute atomic E-state index is 9.50. The Kier molecular flexibility index (Phi) is 6.48. The molecule has 0 fully saturated rings. The number of anilines is 6. The topological polar surface area (TPSA) is 15.3 Å². The van der Waals surface area contributed by atoms with Gasteiger partial charge < -0.3 is 18.6 Å². The largest absolute Gasteiger partial charge is 0.309 e. The van der Waals surface area contributed by atoms with Crippen molar-refractivity contribution in [2.24, 2.45) is 0 Å². The Balaban J connectivity index is 1.03. The van der Waals surface area contributed by atoms with E-state index in [1.807, 2.05) is 84.9 Å². The lowest BCUT2D eigenvalue weighted by atomic mass is 9.86. The summed E-state index contributed by atoms with van der Waals surface area (Å²) in [7, 11) is 0. The minimum atomic E-state index is -0.590. The standard InChI is InChI=1S/C70H50N4/c1-70(2,3)47-26-21-29-49(42-47)72(59-35-18-14-31-51(59)46-24-9-5-10-25-46)63-41-39-53-57-44-64-56(43-65(57)74-61-37-20-16-33-55(61)67(63)69(53)74)52-38-40-62(66-54-32-15-19-36-60(54)73(64)68(52)66)71(48-27-11-6-12-28-48)58-34-17-13-30-50(58)45-22-7-4-8-23-45/h4-44H,1-3H3/i4D,5D,6D,7D,8D,9D,10D,11D,12D,22D,23D,24D,25D,27D,28D. The van der Waals surface area contributed by atoms with Crippen molar-refractivity contribution < 1.29 is 20.6 Å². The van der Waals surface area contributed by atoms with E-state index < -0.39 is 78.6 Å². The van der Waals surface area contributed by atoms with E-state index in [1.165, 1.54) is 0 Å². The monoisotopic (exact) mass is 961 g/mol. The quantitative estimate of drug-likeness (QED) is 0.151. The summed E-state index contributed by atoms with van der Waals surface area (Å²) in [5, 5.41) is 7.03. The first-order chi connectivity index (χ1) is 42.6. The molecule has 0 atom stereocenters. The van der Waals surface area contributed by atoms with Gasteiger partial charge >= 0.3 is 0 Å². The molecule has 4 heteroatoms. The first kappa shape index (κ1) is 29.8. The van der Waals surface area contributed by atoms with Crippen molar-refractivity contribution in [2.75, 3.05) is 9.80 Å². The molecule has 4 nitrogen and oxygen atoms in total. The van der Waals surface area contributed by atoms with Crippen LogP contribution in [0.15, 0.2) is 248 Å². The van der Waals surface area contributed by atoms with Gasteiger partial charge in [0.05, 0.1) is 76.4 Å². The normalized spacial score (nSPS) is 15.1. The summed E-state index contributed by atoms with van der Waals surface area (Å²) in [6.45, 7) is 6.47. The van der Waals surface area contributed by atoms with Crippen molar-refractivity contribution in [2.45, 2.75) is 26.2 Å². The molecule has 350 valence electrons. The van der Waals surface area contributed by atoms with Crippen LogP contribution < -0.4 is 9.80 Å². The average molecular weight is 962 g/mol. The Morgan fingerprint density at radius 2 is 0.797 bits per heavy atom. The van der Waals surface area contributed by atoms with Crippen molar-refractivity contribution >= 4 is 110 Å². The Labute approximate surface area is 450 Å². The van der Waals surface area contributed by atoms with Gasteiger partial charge in [-0.3, -0.25) is 0 Å². The summed E-state index contributed by atoms with van der Waals surface area (Å²) in [5.74, 6) is 0. The highest BCUT2D eigenvalue weighted by molar-refractivity contribution is 6.32. The minimum Gasteiger partial charge on any atom is -0.309 e. The van der Waals surface area contributed by atoms with E-state index in [4.69, 9.17) is 15.1 Å². The maximum atomic E-state index is 9.50. The number of nitrogens with zero attached hydrogens (tertiary/aromatic N) is 4. The summed E-state index contributed by atoms with van der Waals surface area (Å²) in [5.41, 5.74) is 9.36. The predicted octanol–water partition coefficient (Wildman–Crippen LogP) is 19.6. The number of benzene rings is 11. The first-order valence-electron chi connectivity index (χ1n) is 32.0. The molecule has 0 unspecified atom stereocenters. The fourth-order valence-electron chi connectivity index (χ4n) is 11.6. The van der Waals surface area contributed by atoms with Crippen LogP contribution in [0.25, 0.3) is 98.4 Å². The molecule has 74 heavy (non-hydrogen) atoms. The van der Waals surface area contributed by atoms with Crippen LogP contribution in [0.5, 0.6) is 0 Å². The molecule has 0 aliphatic heterocycles. The molecule has 0 saturated carbocycles. The summed E-state index contributed by atoms with van der Waals surface area (Å²) in [6, 6.07) is 43.8. The van der Waals surface area contributed by atoms with Crippen molar-refractivity contribution in [3.05, 3.63) is 254 Å². The second-order valence-electron chi connectivity index (χ2n) is 19.8. The molecule has 0 bridgehead atoms. The molecule has 0 aliphatic carbocycles. The lowest BCUT2D eigenvalue weighted by Gasteiger charge is -2.30. The van der Waals surface area contributed by atoms with Gasteiger partial charge in [0.25, 0.3) is 0 Å². The van der Waals surface area contributed by atoms with Gasteiger partial charge in [0.1, 0.15) is 0 Å². The van der Waals surface area contributed by atoms with Gasteiger partial charge in [0, 0.05) is 65.6 Å². The molecule has 0 spiro atoms. The van der Waals surface area contributed by atoms with Gasteiger partial charge in [-0.15, -0.1) is 0 Å². The van der Waals surface area contributed by atoms with Crippen molar-refractivity contribution in [3.63, 3.8) is 0 Å². The molecule has 0 aliphatic rings. The number of para-hydroxylation sites is 5. The van der Waals surface area contributed by atoms with Crippen LogP contribution in [-0.4, -0.2) is 8.80 Å². The SMILES string of the molecule is [2H]c1c([2H])c([2H])c(-c2ccccc2N(c2cccc(C(C)(C)C)c2)c2ccc3c4cc5c(cc4n4c6ccccc6c2c34)c2ccc(N(c3ccccc3-c3c([2H])c([2H])c([2H])c([2H])c3[2H])c3c([2H])c([2H])c([2H])c([2H])c3[2H])c3c4ccccc4n5c23)c([2H])c1[2H]. The van der Waals surface area contributed by atoms with Crippen LogP contribution in [0.1, 0.15) is 46.9 Å². The van der Waals surface area contributed by atoms with E-state index in [0.29, 0.717) is 22.3 Å². The van der Waals surface area contributed by atoms with Crippen LogP contribution in [0.3, 0.4) is 0 Å². The second kappa shape index (κ2) is 16.1. The van der Waals surface area contributed by atoms with Gasteiger partial charge in [-0.05, 0) is 94.9 Å². The van der Waals surface area contributed by atoms with Crippen LogP contribution in [0, 0.1) is 0 Å². The summed E-state index contributed by atoms with van der Waals surface area (Å²) >= 11 is 0. The van der Waals surface area contributed by atoms with Gasteiger partial charge in [0.2, 0.25) is 0 Å². The lowest BCUT2D eigenvalue weighted by molar-refractivity contribution is 0.590. The fraction of sp³-hybridized carbons (Fsp3) is 0.0571. The molecule has 0 radical (unpaired) electrons. The highest BCUT2D eigenvalue weighted by Gasteiger charge is 2.29. The van der Waals surface area contributed by atoms with Gasteiger partial charge in [0.15, 0.2) is 0 Å². The Hall–Kier alpha value is -9.38. The summed E-state index contributed by atoms with van der Waals surface area (Å²) in [6.07, 6.45) is 0. The molecule has 11 aromatic carbocycles. The van der Waals surface area contributed by atoms with Gasteiger partial charge in [-0.1, -0.05) is 196 Å². The van der Waals surface area contributed by atoms with Crippen LogP contribution in [0.2, 0.25) is 0 Å². The van der Waals surface area contributed by atoms with E-state index >= 15 is 0 Å². The number of fused-ring (bicyclic) bond motifs is 12. The molecule has 4 heterocycles. The molecule has 15 aromatic rings. The van der Waals surface area contributed by atoms with Crippen molar-refractivity contribution in [3.8, 4) is 22.3 Å². The van der Waals surface area contributed by atoms with Crippen LogP contribution >= 0.6 is 0 Å². The van der Waals surface area contributed by atoms with E-state index in [2.05, 4.69) is 83.0 Å². The highest BCUT2D eigenvalue weighted by Crippen LogP contribution is 2.53. The van der Waals surface area contributed by atoms with E-state index in [-0.39, 0.29) is 45.6 Å². The molecular formula is C70H50N4. The highest BCUT2D eigenvalue weighted by atomic mass is 15.2. The third-order valence-corrected chi connectivity index (χ3v) is 14.8. The van der Waals surface area contributed by atoms with Crippen molar-refractivity contribution in [1.29, 1.82) is 0 Å². The third-order valence-electron chi connectivity index (χ3n) is 14.8. The molecule has 0 saturated heterocycles. The first-order valence-corrected chi connectivity index (χ1v) is 24.5. The van der Waals surface area contributed by atoms with E-state index in [1.54, 1.807) is 29.2 Å². The van der Waals surface area contributed by atoms with Crippen LogP contribution in [-0.2, 0) is 5.41 Å². The molecule has 15 rings (SSSR count). The number of hydrogen-bond acceptors (Lipinski definition) is 2. The zero-order chi connectivity index (χ0) is 62.3. The molecular weight excluding hydrogens is 897 g/mol. The minimum absolute atomic E-state index is 0.0871. The Bertz CT molecular complexity index is 5500. The Morgan fingerprint density at radius 1 is 0.351 bits per heavy atom. The number of rotatable bonds is 8. The molecule has 0 amide bonds. The molecule has 4 aromatic heterocycles. The second-order valence-corrected chi connectivity index (χ2v) is 19.8. The maximum Gasteiger partial charge on any atom is 0.0645 e. The van der Waals surface area contributed by atoms with Gasteiger partial charge in [-0.25, -0.2) is 0 Å². The molecule has 0 N–H and O–H groups in total. The summed E-state index contributed by atoms with van der Waals surface area (Å²) in [4.78, 5) is 3.73. The van der Waals surface area contributed by atoms with Crippen LogP contribution in [0.4, 0.5) is 34.1 Å². The fourth-order valence-corrected chi connectivity index (χ4v) is 11.6. The third kappa shape index (κ3) is 6.15. The predicted molar refractivity (Wildman–Crippen MR) is 315 cm³/mol. The van der Waals surface area contributed by atoms with Crippen molar-refractivity contribution in [1.82, 2.24) is 8.80 Å². The Morgan fingerprint density at radius 3 is 1.30 bits per heavy atom. The van der Waals surface area contributed by atoms with E-state index in [9.17, 15) is 5.48 Å². The number of hydrogen-bond donors (Lipinski definition) is 0. The average Bonchev–Trinajstić information content (AvgIpc) is 1.53. The van der Waals surface area contributed by atoms with E-state index in [0.717, 1.165) is 87.7 Å². The number of aromatic nitrogens is 2. The zero-order valence-electron chi connectivity index (χ0n) is 55.3. The smallest absolute Gasteiger partial charge is 0.0645 e. The summed E-state index contributed by atoms with van der Waals surface area (Å²) < 4.78 is 139.